The molecule has 100 valence electrons. The quantitative estimate of drug-likeness (QED) is 0.834. The number of phenols is 1. The van der Waals surface area contributed by atoms with E-state index in [0.29, 0.717) is 5.75 Å². The number of hydrogen-bond donors (Lipinski definition) is 1. The summed E-state index contributed by atoms with van der Waals surface area (Å²) in [5.41, 5.74) is 1.92. The van der Waals surface area contributed by atoms with Gasteiger partial charge in [0.25, 0.3) is 0 Å². The molecule has 0 fully saturated rings. The molecule has 0 unspecified atom stereocenters. The number of aryl methyl sites for hydroxylation is 1. The second-order valence-electron chi connectivity index (χ2n) is 4.80. The Balaban J connectivity index is 2.32. The summed E-state index contributed by atoms with van der Waals surface area (Å²) in [4.78, 5) is 0. The number of fused-ring (bicyclic) bond motifs is 1. The largest absolute Gasteiger partial charge is 0.507 e. The molecule has 2 rings (SSSR count). The van der Waals surface area contributed by atoms with E-state index in [1.54, 1.807) is 0 Å². The summed E-state index contributed by atoms with van der Waals surface area (Å²) in [5, 5.41) is 10.4. The molecule has 1 heterocycles. The van der Waals surface area contributed by atoms with Crippen LogP contribution in [0.5, 0.6) is 17.2 Å². The molecular weight excluding hydrogens is 228 g/mol. The summed E-state index contributed by atoms with van der Waals surface area (Å²) in [5.74, 6) is 1.97. The third kappa shape index (κ3) is 2.55. The van der Waals surface area contributed by atoms with E-state index < -0.39 is 0 Å². The molecule has 3 heteroatoms. The summed E-state index contributed by atoms with van der Waals surface area (Å²) in [6, 6.07) is 1.93. The van der Waals surface area contributed by atoms with Gasteiger partial charge in [0, 0.05) is 5.56 Å². The second-order valence-corrected chi connectivity index (χ2v) is 4.80. The average Bonchev–Trinajstić information content (AvgIpc) is 2.83. The number of rotatable bonds is 6. The van der Waals surface area contributed by atoms with Crippen LogP contribution in [-0.2, 0) is 12.8 Å². The van der Waals surface area contributed by atoms with E-state index in [-0.39, 0.29) is 6.79 Å². The zero-order chi connectivity index (χ0) is 13.0. The monoisotopic (exact) mass is 250 g/mol. The van der Waals surface area contributed by atoms with E-state index in [9.17, 15) is 5.11 Å². The molecule has 0 aromatic heterocycles. The van der Waals surface area contributed by atoms with E-state index in [1.165, 1.54) is 0 Å². The highest BCUT2D eigenvalue weighted by molar-refractivity contribution is 5.58. The third-order valence-corrected chi connectivity index (χ3v) is 3.39. The minimum atomic E-state index is 0.269. The molecule has 0 atom stereocenters. The van der Waals surface area contributed by atoms with Crippen LogP contribution < -0.4 is 9.47 Å². The fourth-order valence-corrected chi connectivity index (χ4v) is 2.30. The zero-order valence-corrected chi connectivity index (χ0v) is 11.3. The smallest absolute Gasteiger partial charge is 0.231 e. The van der Waals surface area contributed by atoms with Gasteiger partial charge in [-0.15, -0.1) is 0 Å². The molecule has 0 radical (unpaired) electrons. The molecule has 1 N–H and O–H groups in total. The van der Waals surface area contributed by atoms with Gasteiger partial charge < -0.3 is 14.6 Å². The third-order valence-electron chi connectivity index (χ3n) is 3.39. The maximum atomic E-state index is 10.4. The second kappa shape index (κ2) is 5.98. The predicted molar refractivity (Wildman–Crippen MR) is 71.5 cm³/mol. The molecular formula is C15H22O3. The van der Waals surface area contributed by atoms with Crippen LogP contribution >= 0.6 is 0 Å². The van der Waals surface area contributed by atoms with Crippen LogP contribution in [0.4, 0.5) is 0 Å². The number of phenolic OH excluding ortho intramolecular Hbond substituents is 1. The van der Waals surface area contributed by atoms with E-state index >= 15 is 0 Å². The highest BCUT2D eigenvalue weighted by Gasteiger charge is 2.23. The number of ether oxygens (including phenoxy) is 2. The highest BCUT2D eigenvalue weighted by Crippen LogP contribution is 2.43. The number of aromatic hydroxyl groups is 1. The first kappa shape index (κ1) is 13.1. The minimum absolute atomic E-state index is 0.269. The van der Waals surface area contributed by atoms with Crippen molar-refractivity contribution in [3.05, 3.63) is 17.2 Å². The van der Waals surface area contributed by atoms with E-state index in [0.717, 1.165) is 61.2 Å². The van der Waals surface area contributed by atoms with Crippen molar-refractivity contribution in [1.29, 1.82) is 0 Å². The molecule has 1 aliphatic rings. The lowest BCUT2D eigenvalue weighted by Gasteiger charge is -2.12. The summed E-state index contributed by atoms with van der Waals surface area (Å²) in [6.07, 6.45) is 6.12. The zero-order valence-electron chi connectivity index (χ0n) is 11.3. The van der Waals surface area contributed by atoms with Crippen LogP contribution in [0.3, 0.4) is 0 Å². The van der Waals surface area contributed by atoms with Crippen LogP contribution in [-0.4, -0.2) is 11.9 Å². The SMILES string of the molecule is CCCCc1cc2c(c(CCCC)c1O)OCO2. The fourth-order valence-electron chi connectivity index (χ4n) is 2.30. The number of hydrogen-bond acceptors (Lipinski definition) is 3. The first-order chi connectivity index (χ1) is 8.77. The van der Waals surface area contributed by atoms with E-state index in [1.807, 2.05) is 6.07 Å². The highest BCUT2D eigenvalue weighted by atomic mass is 16.7. The van der Waals surface area contributed by atoms with Crippen LogP contribution in [0, 0.1) is 0 Å². The van der Waals surface area contributed by atoms with Gasteiger partial charge in [0.1, 0.15) is 5.75 Å². The molecule has 1 aromatic rings. The van der Waals surface area contributed by atoms with Crippen LogP contribution in [0.25, 0.3) is 0 Å². The first-order valence-electron chi connectivity index (χ1n) is 6.91. The Morgan fingerprint density at radius 3 is 2.56 bits per heavy atom. The lowest BCUT2D eigenvalue weighted by Crippen LogP contribution is -1.96. The van der Waals surface area contributed by atoms with Crippen LogP contribution in [0.15, 0.2) is 6.07 Å². The molecule has 3 nitrogen and oxygen atoms in total. The molecule has 1 aromatic carbocycles. The minimum Gasteiger partial charge on any atom is -0.507 e. The van der Waals surface area contributed by atoms with E-state index in [2.05, 4.69) is 13.8 Å². The maximum Gasteiger partial charge on any atom is 0.231 e. The Labute approximate surface area is 109 Å². The van der Waals surface area contributed by atoms with E-state index in [4.69, 9.17) is 9.47 Å². The van der Waals surface area contributed by atoms with Gasteiger partial charge in [-0.05, 0) is 37.3 Å². The summed E-state index contributed by atoms with van der Waals surface area (Å²) < 4.78 is 10.9. The predicted octanol–water partition coefficient (Wildman–Crippen LogP) is 3.81. The van der Waals surface area contributed by atoms with Gasteiger partial charge in [0.05, 0.1) is 0 Å². The van der Waals surface area contributed by atoms with Gasteiger partial charge in [-0.2, -0.15) is 0 Å². The Hall–Kier alpha value is -1.38. The molecule has 0 bridgehead atoms. The summed E-state index contributed by atoms with van der Waals surface area (Å²) >= 11 is 0. The molecule has 0 spiro atoms. The lowest BCUT2D eigenvalue weighted by molar-refractivity contribution is 0.173. The van der Waals surface area contributed by atoms with Crippen LogP contribution in [0.1, 0.15) is 50.7 Å². The lowest BCUT2D eigenvalue weighted by atomic mass is 9.98. The van der Waals surface area contributed by atoms with Crippen molar-refractivity contribution < 1.29 is 14.6 Å². The van der Waals surface area contributed by atoms with Gasteiger partial charge >= 0.3 is 0 Å². The summed E-state index contributed by atoms with van der Waals surface area (Å²) in [6.45, 7) is 4.57. The van der Waals surface area contributed by atoms with Gasteiger partial charge in [0.15, 0.2) is 11.5 Å². The molecule has 18 heavy (non-hydrogen) atoms. The van der Waals surface area contributed by atoms with Crippen molar-refractivity contribution in [2.45, 2.75) is 52.4 Å². The first-order valence-corrected chi connectivity index (χ1v) is 6.91. The van der Waals surface area contributed by atoms with Crippen molar-refractivity contribution in [1.82, 2.24) is 0 Å². The molecule has 0 saturated carbocycles. The molecule has 0 aliphatic carbocycles. The van der Waals surface area contributed by atoms with Crippen LogP contribution in [0.2, 0.25) is 0 Å². The Morgan fingerprint density at radius 1 is 1.11 bits per heavy atom. The maximum absolute atomic E-state index is 10.4. The van der Waals surface area contributed by atoms with Gasteiger partial charge in [-0.1, -0.05) is 26.7 Å². The number of benzene rings is 1. The van der Waals surface area contributed by atoms with Gasteiger partial charge in [-0.3, -0.25) is 0 Å². The van der Waals surface area contributed by atoms with Gasteiger partial charge in [-0.25, -0.2) is 0 Å². The molecule has 1 aliphatic heterocycles. The van der Waals surface area contributed by atoms with Crippen molar-refractivity contribution in [2.24, 2.45) is 0 Å². The Bertz CT molecular complexity index is 413. The Morgan fingerprint density at radius 2 is 1.83 bits per heavy atom. The standard InChI is InChI=1S/C15H22O3/c1-3-5-7-11-9-13-15(18-10-17-13)12(14(11)16)8-6-4-2/h9,16H,3-8,10H2,1-2H3. The van der Waals surface area contributed by atoms with Crippen molar-refractivity contribution in [3.8, 4) is 17.2 Å². The average molecular weight is 250 g/mol. The summed E-state index contributed by atoms with van der Waals surface area (Å²) in [7, 11) is 0. The molecule has 0 saturated heterocycles. The topological polar surface area (TPSA) is 38.7 Å². The fraction of sp³-hybridized carbons (Fsp3) is 0.600. The Kier molecular flexibility index (Phi) is 4.34. The van der Waals surface area contributed by atoms with Gasteiger partial charge in [0.2, 0.25) is 6.79 Å². The number of unbranched alkanes of at least 4 members (excludes halogenated alkanes) is 2. The van der Waals surface area contributed by atoms with Crippen molar-refractivity contribution >= 4 is 0 Å². The normalized spacial score (nSPS) is 13.0. The molecule has 0 amide bonds. The van der Waals surface area contributed by atoms with Crippen molar-refractivity contribution in [2.75, 3.05) is 6.79 Å². The van der Waals surface area contributed by atoms with Crippen molar-refractivity contribution in [3.63, 3.8) is 0 Å².